The first-order valence-corrected chi connectivity index (χ1v) is 17.7. The van der Waals surface area contributed by atoms with Crippen molar-refractivity contribution in [1.29, 1.82) is 0 Å². The first-order valence-electron chi connectivity index (χ1n) is 16.1. The number of aliphatic imine (C=N–C) groups is 1. The van der Waals surface area contributed by atoms with E-state index in [-0.39, 0.29) is 41.4 Å². The molecule has 1 aliphatic carbocycles. The van der Waals surface area contributed by atoms with E-state index in [0.717, 1.165) is 47.8 Å². The fourth-order valence-corrected chi connectivity index (χ4v) is 9.56. The summed E-state index contributed by atoms with van der Waals surface area (Å²) in [6.07, 6.45) is 3.72. The summed E-state index contributed by atoms with van der Waals surface area (Å²) >= 11 is 14.1. The molecule has 0 bridgehead atoms. The quantitative estimate of drug-likeness (QED) is 0.374. The first kappa shape index (κ1) is 31.1. The fraction of sp³-hybridized carbons (Fsp3) is 0.514. The first-order chi connectivity index (χ1) is 21.4. The van der Waals surface area contributed by atoms with Crippen molar-refractivity contribution < 1.29 is 9.59 Å². The Hall–Kier alpha value is -2.52. The maximum absolute atomic E-state index is 14.7. The third-order valence-electron chi connectivity index (χ3n) is 10.3. The fourth-order valence-electron chi connectivity index (χ4n) is 7.96. The number of hydrogen-bond acceptors (Lipinski definition) is 6. The number of allylic oxidation sites excluding steroid dienone is 1. The number of nitrogens with zero attached hydrogens (tertiary/aromatic N) is 4. The van der Waals surface area contributed by atoms with Gasteiger partial charge in [-0.05, 0) is 99.5 Å². The number of hydrogen-bond donors (Lipinski definition) is 1. The van der Waals surface area contributed by atoms with E-state index in [9.17, 15) is 9.59 Å². The third kappa shape index (κ3) is 5.30. The molecule has 0 radical (unpaired) electrons. The van der Waals surface area contributed by atoms with Gasteiger partial charge < -0.3 is 20.0 Å². The van der Waals surface area contributed by atoms with Crippen molar-refractivity contribution in [2.75, 3.05) is 13.1 Å². The zero-order valence-corrected chi connectivity index (χ0v) is 28.8. The summed E-state index contributed by atoms with van der Waals surface area (Å²) in [5.41, 5.74) is 2.50. The predicted molar refractivity (Wildman–Crippen MR) is 182 cm³/mol. The molecular formula is C35H41Cl2N5O2S. The zero-order valence-electron chi connectivity index (χ0n) is 26.5. The largest absolute Gasteiger partial charge is 0.338 e. The average molecular weight is 667 g/mol. The number of rotatable bonds is 5. The van der Waals surface area contributed by atoms with Gasteiger partial charge >= 0.3 is 0 Å². The molecule has 3 fully saturated rings. The van der Waals surface area contributed by atoms with Gasteiger partial charge in [-0.3, -0.25) is 9.59 Å². The van der Waals surface area contributed by atoms with Gasteiger partial charge in [-0.1, -0.05) is 61.3 Å². The van der Waals surface area contributed by atoms with Crippen LogP contribution in [-0.4, -0.2) is 68.4 Å². The second-order valence-corrected chi connectivity index (χ2v) is 15.9. The third-order valence-corrected chi connectivity index (χ3v) is 11.8. The molecule has 2 aromatic rings. The summed E-state index contributed by atoms with van der Waals surface area (Å²) in [5.74, 6) is 0.0769. The smallest absolute Gasteiger partial charge is 0.263 e. The maximum atomic E-state index is 14.7. The van der Waals surface area contributed by atoms with E-state index in [1.807, 2.05) is 46.2 Å². The number of amides is 2. The lowest BCUT2D eigenvalue weighted by Gasteiger charge is -2.41. The van der Waals surface area contributed by atoms with Crippen LogP contribution in [0.5, 0.6) is 0 Å². The standard InChI is InChI=1S/C35H41Cl2N5O2S/c1-20(2)28-29(32(44)41-22(4)6-15-27(41)31(43)40-18-21(3)38-35(19-40)16-17-35)45-33-39-34(5,24-9-13-26(37)14-10-24)30(42(28)33)23-7-11-25(36)12-8-23/h7-14,20-22,27,30,38H,6,15-19H2,1-5H3/t21-,22-,27+,30-,34+/m1/s1. The lowest BCUT2D eigenvalue weighted by Crippen LogP contribution is -2.61. The lowest BCUT2D eigenvalue weighted by atomic mass is 9.81. The van der Waals surface area contributed by atoms with Gasteiger partial charge in [0, 0.05) is 46.5 Å². The molecule has 1 N–H and O–H groups in total. The van der Waals surface area contributed by atoms with Gasteiger partial charge in [0.2, 0.25) is 5.91 Å². The van der Waals surface area contributed by atoms with E-state index >= 15 is 0 Å². The molecule has 0 unspecified atom stereocenters. The highest BCUT2D eigenvalue weighted by atomic mass is 35.5. The van der Waals surface area contributed by atoms with E-state index in [1.165, 1.54) is 11.8 Å². The van der Waals surface area contributed by atoms with Gasteiger partial charge in [0.15, 0.2) is 5.17 Å². The molecular weight excluding hydrogens is 625 g/mol. The Labute approximate surface area is 280 Å². The normalized spacial score (nSPS) is 30.4. The summed E-state index contributed by atoms with van der Waals surface area (Å²) in [4.78, 5) is 41.0. The van der Waals surface area contributed by atoms with Crippen LogP contribution in [0.4, 0.5) is 0 Å². The molecule has 2 amide bonds. The molecule has 238 valence electrons. The van der Waals surface area contributed by atoms with Crippen molar-refractivity contribution >= 4 is 51.9 Å². The molecule has 5 atom stereocenters. The average Bonchev–Trinajstić information content (AvgIpc) is 3.31. The summed E-state index contributed by atoms with van der Waals surface area (Å²) in [6.45, 7) is 12.1. The minimum Gasteiger partial charge on any atom is -0.338 e. The van der Waals surface area contributed by atoms with Crippen molar-refractivity contribution in [2.45, 2.75) is 95.5 Å². The number of halogens is 2. The summed E-state index contributed by atoms with van der Waals surface area (Å²) in [7, 11) is 0. The molecule has 0 aromatic heterocycles. The van der Waals surface area contributed by atoms with Crippen molar-refractivity contribution in [1.82, 2.24) is 20.0 Å². The molecule has 1 spiro atoms. The monoisotopic (exact) mass is 665 g/mol. The Balaban J connectivity index is 1.25. The van der Waals surface area contributed by atoms with Gasteiger partial charge in [0.25, 0.3) is 5.91 Å². The second kappa shape index (κ2) is 11.3. The number of likely N-dealkylation sites (tertiary alicyclic amines) is 1. The van der Waals surface area contributed by atoms with Crippen LogP contribution in [0.25, 0.3) is 0 Å². The van der Waals surface area contributed by atoms with Crippen LogP contribution in [0.1, 0.15) is 77.5 Å². The highest BCUT2D eigenvalue weighted by Crippen LogP contribution is 2.56. The van der Waals surface area contributed by atoms with Crippen LogP contribution in [0.2, 0.25) is 10.0 Å². The lowest BCUT2D eigenvalue weighted by molar-refractivity contribution is -0.144. The number of amidine groups is 1. The van der Waals surface area contributed by atoms with Crippen LogP contribution in [0.3, 0.4) is 0 Å². The highest BCUT2D eigenvalue weighted by Gasteiger charge is 2.55. The Morgan fingerprint density at radius 1 is 1.00 bits per heavy atom. The molecule has 5 aliphatic rings. The zero-order chi connectivity index (χ0) is 31.8. The Bertz CT molecular complexity index is 1590. The van der Waals surface area contributed by atoms with E-state index in [1.54, 1.807) is 0 Å². The summed E-state index contributed by atoms with van der Waals surface area (Å²) < 4.78 is 0. The molecule has 45 heavy (non-hydrogen) atoms. The van der Waals surface area contributed by atoms with Gasteiger partial charge in [0.05, 0.1) is 6.04 Å². The molecule has 7 nitrogen and oxygen atoms in total. The second-order valence-electron chi connectivity index (χ2n) is 14.0. The molecule has 1 saturated carbocycles. The topological polar surface area (TPSA) is 68.2 Å². The van der Waals surface area contributed by atoms with Gasteiger partial charge in [0.1, 0.15) is 16.5 Å². The minimum atomic E-state index is -0.632. The molecule has 2 aromatic carbocycles. The molecule has 2 saturated heterocycles. The molecule has 4 heterocycles. The van der Waals surface area contributed by atoms with E-state index in [0.29, 0.717) is 27.9 Å². The van der Waals surface area contributed by atoms with E-state index in [2.05, 4.69) is 57.0 Å². The summed E-state index contributed by atoms with van der Waals surface area (Å²) in [5, 5.41) is 5.84. The minimum absolute atomic E-state index is 0.0213. The van der Waals surface area contributed by atoms with Crippen molar-refractivity contribution in [3.63, 3.8) is 0 Å². The van der Waals surface area contributed by atoms with Gasteiger partial charge in [-0.2, -0.15) is 0 Å². The number of nitrogens with one attached hydrogen (secondary N) is 1. The van der Waals surface area contributed by atoms with Gasteiger partial charge in [-0.15, -0.1) is 0 Å². The van der Waals surface area contributed by atoms with E-state index < -0.39 is 11.6 Å². The molecule has 4 aliphatic heterocycles. The number of carbonyl (C=O) groups excluding carboxylic acids is 2. The Morgan fingerprint density at radius 2 is 1.64 bits per heavy atom. The number of fused-ring (bicyclic) bond motifs is 1. The molecule has 10 heteroatoms. The summed E-state index contributed by atoms with van der Waals surface area (Å²) in [6, 6.07) is 15.4. The highest BCUT2D eigenvalue weighted by molar-refractivity contribution is 8.18. The van der Waals surface area contributed by atoms with Crippen molar-refractivity contribution in [3.8, 4) is 0 Å². The maximum Gasteiger partial charge on any atom is 0.263 e. The van der Waals surface area contributed by atoms with Crippen LogP contribution >= 0.6 is 35.0 Å². The van der Waals surface area contributed by atoms with Crippen LogP contribution < -0.4 is 5.32 Å². The van der Waals surface area contributed by atoms with Crippen molar-refractivity contribution in [3.05, 3.63) is 80.3 Å². The number of carbonyl (C=O) groups is 2. The Morgan fingerprint density at radius 3 is 2.27 bits per heavy atom. The SMILES string of the molecule is CC(C)C1=C(C(=O)N2[C@H](C)CC[C@H]2C(=O)N2C[C@@H](C)NC3(CC3)C2)SC2=N[C@@](C)(c3ccc(Cl)cc3)[C@@H](c3ccc(Cl)cc3)N21. The number of piperazine rings is 1. The molecule has 7 rings (SSSR count). The van der Waals surface area contributed by atoms with Crippen molar-refractivity contribution in [2.24, 2.45) is 10.9 Å². The number of thioether (sulfide) groups is 1. The Kier molecular flexibility index (Phi) is 7.82. The van der Waals surface area contributed by atoms with Crippen LogP contribution in [0.15, 0.2) is 64.1 Å². The predicted octanol–water partition coefficient (Wildman–Crippen LogP) is 6.97. The van der Waals surface area contributed by atoms with Gasteiger partial charge in [-0.25, -0.2) is 4.99 Å². The van der Waals surface area contributed by atoms with Crippen LogP contribution in [-0.2, 0) is 15.1 Å². The van der Waals surface area contributed by atoms with E-state index in [4.69, 9.17) is 28.2 Å². The van der Waals surface area contributed by atoms with Crippen LogP contribution in [0, 0.1) is 5.92 Å². The number of benzene rings is 2.